The fourth-order valence-corrected chi connectivity index (χ4v) is 1.40. The smallest absolute Gasteiger partial charge is 0.207 e. The highest BCUT2D eigenvalue weighted by molar-refractivity contribution is 5.45. The Bertz CT molecular complexity index is 111. The Hall–Kier alpha value is -0.570. The highest BCUT2D eigenvalue weighted by Crippen LogP contribution is 2.20. The molecule has 64 valence electrons. The van der Waals surface area contributed by atoms with Gasteiger partial charge in [-0.15, -0.1) is 0 Å². The second-order valence-corrected chi connectivity index (χ2v) is 2.85. The predicted molar refractivity (Wildman–Crippen MR) is 42.3 cm³/mol. The molecule has 1 amide bonds. The van der Waals surface area contributed by atoms with Crippen molar-refractivity contribution in [2.75, 3.05) is 13.2 Å². The molecule has 0 unspecified atom stereocenters. The van der Waals surface area contributed by atoms with Crippen molar-refractivity contribution in [2.24, 2.45) is 0 Å². The first-order valence-electron chi connectivity index (χ1n) is 4.22. The van der Waals surface area contributed by atoms with Crippen molar-refractivity contribution < 1.29 is 9.53 Å². The van der Waals surface area contributed by atoms with E-state index in [0.717, 1.165) is 0 Å². The Balaban J connectivity index is 1.89. The van der Waals surface area contributed by atoms with Crippen molar-refractivity contribution in [1.29, 1.82) is 0 Å². The molecule has 1 aliphatic carbocycles. The number of nitrogens with one attached hydrogen (secondary N) is 1. The number of amides is 1. The van der Waals surface area contributed by atoms with Crippen molar-refractivity contribution in [2.45, 2.75) is 31.8 Å². The van der Waals surface area contributed by atoms with Crippen molar-refractivity contribution in [3.63, 3.8) is 0 Å². The van der Waals surface area contributed by atoms with Gasteiger partial charge in [0.05, 0.1) is 12.7 Å². The minimum absolute atomic E-state index is 0.462. The van der Waals surface area contributed by atoms with Gasteiger partial charge in [-0.3, -0.25) is 4.79 Å². The Morgan fingerprint density at radius 3 is 2.82 bits per heavy atom. The van der Waals surface area contributed by atoms with E-state index in [1.807, 2.05) is 0 Å². The zero-order valence-corrected chi connectivity index (χ0v) is 6.71. The van der Waals surface area contributed by atoms with E-state index in [9.17, 15) is 4.79 Å². The second-order valence-electron chi connectivity index (χ2n) is 2.85. The monoisotopic (exact) mass is 157 g/mol. The largest absolute Gasteiger partial charge is 0.376 e. The molecular weight excluding hydrogens is 142 g/mol. The molecule has 1 N–H and O–H groups in total. The Kier molecular flexibility index (Phi) is 3.98. The lowest BCUT2D eigenvalue weighted by Gasteiger charge is -2.09. The first-order valence-corrected chi connectivity index (χ1v) is 4.22. The van der Waals surface area contributed by atoms with E-state index in [2.05, 4.69) is 5.32 Å². The SMILES string of the molecule is O=CNCCOC1CCCC1. The Morgan fingerprint density at radius 1 is 1.45 bits per heavy atom. The van der Waals surface area contributed by atoms with Crippen molar-refractivity contribution in [3.05, 3.63) is 0 Å². The van der Waals surface area contributed by atoms with Crippen LogP contribution >= 0.6 is 0 Å². The summed E-state index contributed by atoms with van der Waals surface area (Å²) in [6.45, 7) is 1.30. The van der Waals surface area contributed by atoms with Gasteiger partial charge in [0.1, 0.15) is 0 Å². The standard InChI is InChI=1S/C8H15NO2/c10-7-9-5-6-11-8-3-1-2-4-8/h7-8H,1-6H2,(H,9,10). The highest BCUT2D eigenvalue weighted by atomic mass is 16.5. The van der Waals surface area contributed by atoms with E-state index in [-0.39, 0.29) is 0 Å². The number of carbonyl (C=O) groups is 1. The van der Waals surface area contributed by atoms with Gasteiger partial charge in [0.15, 0.2) is 0 Å². The molecular formula is C8H15NO2. The van der Waals surface area contributed by atoms with Gasteiger partial charge in [-0.05, 0) is 12.8 Å². The molecule has 0 saturated heterocycles. The van der Waals surface area contributed by atoms with Crippen LogP contribution in [0.1, 0.15) is 25.7 Å². The van der Waals surface area contributed by atoms with Crippen LogP contribution in [0.5, 0.6) is 0 Å². The molecule has 0 heterocycles. The maximum atomic E-state index is 9.83. The molecule has 0 aliphatic heterocycles. The average Bonchev–Trinajstić information content (AvgIpc) is 2.50. The van der Waals surface area contributed by atoms with Crippen LogP contribution in [0.3, 0.4) is 0 Å². The molecule has 1 rings (SSSR count). The molecule has 11 heavy (non-hydrogen) atoms. The summed E-state index contributed by atoms with van der Waals surface area (Å²) >= 11 is 0. The van der Waals surface area contributed by atoms with Gasteiger partial charge >= 0.3 is 0 Å². The van der Waals surface area contributed by atoms with E-state index in [1.165, 1.54) is 25.7 Å². The van der Waals surface area contributed by atoms with Crippen LogP contribution in [0.25, 0.3) is 0 Å². The third-order valence-corrected chi connectivity index (χ3v) is 1.99. The molecule has 0 bridgehead atoms. The number of carbonyl (C=O) groups excluding carboxylic acids is 1. The van der Waals surface area contributed by atoms with Gasteiger partial charge in [-0.2, -0.15) is 0 Å². The number of rotatable bonds is 5. The van der Waals surface area contributed by atoms with Gasteiger partial charge in [-0.25, -0.2) is 0 Å². The molecule has 3 heteroatoms. The zero-order valence-electron chi connectivity index (χ0n) is 6.71. The van der Waals surface area contributed by atoms with E-state index in [1.54, 1.807) is 0 Å². The van der Waals surface area contributed by atoms with Crippen LogP contribution in [0.2, 0.25) is 0 Å². The normalized spacial score (nSPS) is 18.5. The van der Waals surface area contributed by atoms with Crippen LogP contribution in [-0.2, 0) is 9.53 Å². The summed E-state index contributed by atoms with van der Waals surface area (Å²) in [6.07, 6.45) is 6.15. The lowest BCUT2D eigenvalue weighted by atomic mass is 10.3. The van der Waals surface area contributed by atoms with Crippen LogP contribution in [0, 0.1) is 0 Å². The minimum Gasteiger partial charge on any atom is -0.376 e. The summed E-state index contributed by atoms with van der Waals surface area (Å²) in [5.41, 5.74) is 0. The molecule has 0 aromatic heterocycles. The summed E-state index contributed by atoms with van der Waals surface area (Å²) in [7, 11) is 0. The van der Waals surface area contributed by atoms with Crippen LogP contribution in [0.15, 0.2) is 0 Å². The molecule has 0 aromatic carbocycles. The van der Waals surface area contributed by atoms with Gasteiger partial charge < -0.3 is 10.1 Å². The lowest BCUT2D eigenvalue weighted by molar-refractivity contribution is -0.109. The summed E-state index contributed by atoms with van der Waals surface area (Å²) in [6, 6.07) is 0. The number of hydrogen-bond donors (Lipinski definition) is 1. The van der Waals surface area contributed by atoms with Gasteiger partial charge in [0.25, 0.3) is 0 Å². The Labute approximate surface area is 67.1 Å². The number of ether oxygens (including phenoxy) is 1. The molecule has 1 saturated carbocycles. The van der Waals surface area contributed by atoms with Crippen LogP contribution in [-0.4, -0.2) is 25.7 Å². The molecule has 0 atom stereocenters. The maximum absolute atomic E-state index is 9.83. The quantitative estimate of drug-likeness (QED) is 0.471. The molecule has 0 aromatic rings. The van der Waals surface area contributed by atoms with Crippen LogP contribution in [0.4, 0.5) is 0 Å². The maximum Gasteiger partial charge on any atom is 0.207 e. The zero-order chi connectivity index (χ0) is 7.94. The van der Waals surface area contributed by atoms with Gasteiger partial charge in [0, 0.05) is 6.54 Å². The van der Waals surface area contributed by atoms with Crippen molar-refractivity contribution >= 4 is 6.41 Å². The fourth-order valence-electron chi connectivity index (χ4n) is 1.40. The summed E-state index contributed by atoms with van der Waals surface area (Å²) in [5.74, 6) is 0. The summed E-state index contributed by atoms with van der Waals surface area (Å²) in [4.78, 5) is 9.83. The molecule has 0 radical (unpaired) electrons. The minimum atomic E-state index is 0.462. The first-order chi connectivity index (χ1) is 5.43. The second kappa shape index (κ2) is 5.13. The van der Waals surface area contributed by atoms with Gasteiger partial charge in [-0.1, -0.05) is 12.8 Å². The number of hydrogen-bond acceptors (Lipinski definition) is 2. The third-order valence-electron chi connectivity index (χ3n) is 1.99. The highest BCUT2D eigenvalue weighted by Gasteiger charge is 2.14. The Morgan fingerprint density at radius 2 is 2.18 bits per heavy atom. The fraction of sp³-hybridized carbons (Fsp3) is 0.875. The molecule has 1 aliphatic rings. The van der Waals surface area contributed by atoms with E-state index in [4.69, 9.17) is 4.74 Å². The van der Waals surface area contributed by atoms with Gasteiger partial charge in [0.2, 0.25) is 6.41 Å². The third kappa shape index (κ3) is 3.37. The summed E-state index contributed by atoms with van der Waals surface area (Å²) in [5, 5.41) is 2.57. The lowest BCUT2D eigenvalue weighted by Crippen LogP contribution is -2.20. The summed E-state index contributed by atoms with van der Waals surface area (Å²) < 4.78 is 5.48. The average molecular weight is 157 g/mol. The predicted octanol–water partition coefficient (Wildman–Crippen LogP) is 0.692. The van der Waals surface area contributed by atoms with Crippen molar-refractivity contribution in [3.8, 4) is 0 Å². The van der Waals surface area contributed by atoms with E-state index in [0.29, 0.717) is 25.7 Å². The first kappa shape index (κ1) is 8.53. The molecule has 1 fully saturated rings. The van der Waals surface area contributed by atoms with Crippen molar-refractivity contribution in [1.82, 2.24) is 5.32 Å². The van der Waals surface area contributed by atoms with E-state index < -0.39 is 0 Å². The molecule has 0 spiro atoms. The van der Waals surface area contributed by atoms with Crippen LogP contribution < -0.4 is 5.32 Å². The topological polar surface area (TPSA) is 38.3 Å². The van der Waals surface area contributed by atoms with E-state index >= 15 is 0 Å². The molecule has 3 nitrogen and oxygen atoms in total.